The van der Waals surface area contributed by atoms with E-state index in [2.05, 4.69) is 74.6 Å². The van der Waals surface area contributed by atoms with Crippen LogP contribution in [0.1, 0.15) is 200 Å². The maximum atomic E-state index is 12.6. The van der Waals surface area contributed by atoms with Crippen molar-refractivity contribution in [3.05, 3.63) is 60.8 Å². The van der Waals surface area contributed by atoms with Crippen LogP contribution < -0.4 is 0 Å². The van der Waals surface area contributed by atoms with Gasteiger partial charge in [0, 0.05) is 12.8 Å². The monoisotopic (exact) mass is 669 g/mol. The smallest absolute Gasteiger partial charge is 0.306 e. The van der Waals surface area contributed by atoms with Gasteiger partial charge in [0.05, 0.1) is 0 Å². The summed E-state index contributed by atoms with van der Waals surface area (Å²) >= 11 is 0. The lowest BCUT2D eigenvalue weighted by molar-refractivity contribution is -0.147. The molecule has 1 atom stereocenters. The molecule has 0 aromatic rings. The Kier molecular flexibility index (Phi) is 37.2. The summed E-state index contributed by atoms with van der Waals surface area (Å²) in [5.74, 6) is -0.749. The zero-order chi connectivity index (χ0) is 35.0. The average molecular weight is 669 g/mol. The minimum atomic E-state index is -0.702. The number of carbonyl (C=O) groups excluding carboxylic acids is 1. The van der Waals surface area contributed by atoms with Crippen LogP contribution in [0.5, 0.6) is 0 Å². The van der Waals surface area contributed by atoms with Crippen LogP contribution in [-0.4, -0.2) is 23.1 Å². The zero-order valence-electron chi connectivity index (χ0n) is 31.5. The van der Waals surface area contributed by atoms with Crippen LogP contribution in [0.2, 0.25) is 0 Å². The molecule has 4 heteroatoms. The number of esters is 1. The van der Waals surface area contributed by atoms with E-state index in [1.54, 1.807) is 0 Å². The van der Waals surface area contributed by atoms with Gasteiger partial charge in [-0.15, -0.1) is 0 Å². The molecule has 0 aliphatic rings. The van der Waals surface area contributed by atoms with Crippen molar-refractivity contribution in [2.45, 2.75) is 206 Å². The Hall–Kier alpha value is -2.36. The van der Waals surface area contributed by atoms with Gasteiger partial charge >= 0.3 is 11.9 Å². The molecule has 0 saturated heterocycles. The summed E-state index contributed by atoms with van der Waals surface area (Å²) in [4.78, 5) is 23.3. The van der Waals surface area contributed by atoms with Crippen molar-refractivity contribution in [3.63, 3.8) is 0 Å². The Labute approximate surface area is 297 Å². The normalized spacial score (nSPS) is 12.9. The molecule has 0 bridgehead atoms. The number of rotatable bonds is 36. The number of aliphatic carboxylic acids is 1. The summed E-state index contributed by atoms with van der Waals surface area (Å²) < 4.78 is 5.92. The largest absolute Gasteiger partial charge is 0.481 e. The fourth-order valence-electron chi connectivity index (χ4n) is 5.73. The van der Waals surface area contributed by atoms with Gasteiger partial charge in [-0.1, -0.05) is 165 Å². The van der Waals surface area contributed by atoms with Crippen molar-refractivity contribution >= 4 is 11.9 Å². The lowest BCUT2D eigenvalue weighted by Crippen LogP contribution is -2.16. The third-order valence-corrected chi connectivity index (χ3v) is 8.71. The molecule has 0 radical (unpaired) electrons. The molecule has 1 N–H and O–H groups in total. The fraction of sp³-hybridized carbons (Fsp3) is 0.727. The Balaban J connectivity index is 3.98. The van der Waals surface area contributed by atoms with Gasteiger partial charge in [0.15, 0.2) is 0 Å². The van der Waals surface area contributed by atoms with Gasteiger partial charge in [0.25, 0.3) is 0 Å². The van der Waals surface area contributed by atoms with Crippen LogP contribution in [0.4, 0.5) is 0 Å². The highest BCUT2D eigenvalue weighted by Crippen LogP contribution is 2.16. The predicted molar refractivity (Wildman–Crippen MR) is 208 cm³/mol. The predicted octanol–water partition coefficient (Wildman–Crippen LogP) is 14.1. The maximum Gasteiger partial charge on any atom is 0.306 e. The molecule has 0 heterocycles. The number of unbranched alkanes of at least 4 members (excludes halogenated alkanes) is 19. The minimum absolute atomic E-state index is 0.0475. The van der Waals surface area contributed by atoms with Crippen molar-refractivity contribution in [1.29, 1.82) is 0 Å². The second-order valence-corrected chi connectivity index (χ2v) is 13.4. The lowest BCUT2D eigenvalue weighted by Gasteiger charge is -2.15. The van der Waals surface area contributed by atoms with E-state index in [1.807, 2.05) is 0 Å². The highest BCUT2D eigenvalue weighted by atomic mass is 16.5. The van der Waals surface area contributed by atoms with Crippen LogP contribution in [0.3, 0.4) is 0 Å². The number of carbonyl (C=O) groups is 2. The van der Waals surface area contributed by atoms with E-state index < -0.39 is 5.97 Å². The first kappa shape index (κ1) is 45.6. The summed E-state index contributed by atoms with van der Waals surface area (Å²) in [5.41, 5.74) is 0. The highest BCUT2D eigenvalue weighted by Gasteiger charge is 2.11. The number of carboxylic acids is 1. The molecule has 0 spiro atoms. The first-order chi connectivity index (χ1) is 23.6. The van der Waals surface area contributed by atoms with Crippen LogP contribution in [0.25, 0.3) is 0 Å². The van der Waals surface area contributed by atoms with E-state index in [1.165, 1.54) is 83.5 Å². The van der Waals surface area contributed by atoms with Gasteiger partial charge in [-0.3, -0.25) is 9.59 Å². The van der Waals surface area contributed by atoms with E-state index >= 15 is 0 Å². The quantitative estimate of drug-likeness (QED) is 0.0410. The van der Waals surface area contributed by atoms with Gasteiger partial charge in [0.2, 0.25) is 0 Å². The first-order valence-electron chi connectivity index (χ1n) is 20.3. The highest BCUT2D eigenvalue weighted by molar-refractivity contribution is 5.69. The van der Waals surface area contributed by atoms with Crippen molar-refractivity contribution in [3.8, 4) is 0 Å². The van der Waals surface area contributed by atoms with Crippen molar-refractivity contribution < 1.29 is 19.4 Å². The first-order valence-corrected chi connectivity index (χ1v) is 20.3. The minimum Gasteiger partial charge on any atom is -0.481 e. The lowest BCUT2D eigenvalue weighted by atomic mass is 10.0. The number of allylic oxidation sites excluding steroid dienone is 9. The Morgan fingerprint density at radius 3 is 1.48 bits per heavy atom. The van der Waals surface area contributed by atoms with Gasteiger partial charge in [-0.2, -0.15) is 0 Å². The van der Waals surface area contributed by atoms with Gasteiger partial charge in [0.1, 0.15) is 6.10 Å². The van der Waals surface area contributed by atoms with Crippen molar-refractivity contribution in [1.82, 2.24) is 0 Å². The summed E-state index contributed by atoms with van der Waals surface area (Å²) in [6, 6.07) is 0. The van der Waals surface area contributed by atoms with Crippen LogP contribution in [0.15, 0.2) is 60.8 Å². The van der Waals surface area contributed by atoms with Crippen LogP contribution >= 0.6 is 0 Å². The van der Waals surface area contributed by atoms with E-state index in [0.29, 0.717) is 6.42 Å². The van der Waals surface area contributed by atoms with Crippen molar-refractivity contribution in [2.24, 2.45) is 0 Å². The van der Waals surface area contributed by atoms with Crippen LogP contribution in [-0.2, 0) is 14.3 Å². The number of hydrogen-bond acceptors (Lipinski definition) is 3. The molecule has 0 rings (SSSR count). The van der Waals surface area contributed by atoms with E-state index in [9.17, 15) is 9.59 Å². The molecule has 0 aliphatic heterocycles. The molecule has 48 heavy (non-hydrogen) atoms. The third-order valence-electron chi connectivity index (χ3n) is 8.71. The van der Waals surface area contributed by atoms with Gasteiger partial charge in [-0.25, -0.2) is 0 Å². The van der Waals surface area contributed by atoms with E-state index in [4.69, 9.17) is 9.84 Å². The summed E-state index contributed by atoms with van der Waals surface area (Å²) in [7, 11) is 0. The van der Waals surface area contributed by atoms with Gasteiger partial charge < -0.3 is 9.84 Å². The molecule has 0 aromatic heterocycles. The molecule has 0 amide bonds. The fourth-order valence-corrected chi connectivity index (χ4v) is 5.73. The standard InChI is InChI=1S/C44H76O4/c1-3-5-7-9-11-13-14-15-16-17-18-19-20-21-22-23-24-25-27-33-37-41-44(47)48-42(38-34-30-26-12-10-8-6-4-2)39-35-31-28-29-32-36-40-43(45)46/h5,7,11,13,15-16,18-19,34,38,42H,3-4,6,8-10,12,14,17,20-33,35-37,39-41H2,1-2H3,(H,45,46)/b7-5-,13-11-,16-15-,19-18-,38-34-. The number of ether oxygens (including phenoxy) is 1. The summed E-state index contributed by atoms with van der Waals surface area (Å²) in [6.07, 6.45) is 54.0. The number of hydrogen-bond donors (Lipinski definition) is 1. The molecular formula is C44H76O4. The Bertz CT molecular complexity index is 850. The third kappa shape index (κ3) is 38.1. The summed E-state index contributed by atoms with van der Waals surface area (Å²) in [5, 5.41) is 8.78. The van der Waals surface area contributed by atoms with Gasteiger partial charge in [-0.05, 0) is 83.1 Å². The van der Waals surface area contributed by atoms with E-state index in [-0.39, 0.29) is 18.5 Å². The molecule has 0 fully saturated rings. The maximum absolute atomic E-state index is 12.6. The molecule has 4 nitrogen and oxygen atoms in total. The van der Waals surface area contributed by atoms with Crippen LogP contribution in [0, 0.1) is 0 Å². The summed E-state index contributed by atoms with van der Waals surface area (Å²) in [6.45, 7) is 4.42. The van der Waals surface area contributed by atoms with Crippen molar-refractivity contribution in [2.75, 3.05) is 0 Å². The van der Waals surface area contributed by atoms with E-state index in [0.717, 1.165) is 89.9 Å². The molecule has 0 aliphatic carbocycles. The Morgan fingerprint density at radius 2 is 0.938 bits per heavy atom. The molecule has 0 saturated carbocycles. The molecule has 276 valence electrons. The Morgan fingerprint density at radius 1 is 0.500 bits per heavy atom. The molecule has 1 unspecified atom stereocenters. The SMILES string of the molecule is CC/C=C\C/C=C\C/C=C\C/C=C\CCCCCCCCCCC(=O)OC(/C=C\CCCCCCCC)CCCCCCCCC(=O)O. The molecular weight excluding hydrogens is 592 g/mol. The second kappa shape index (κ2) is 39.1. The molecule has 0 aromatic carbocycles. The average Bonchev–Trinajstić information content (AvgIpc) is 3.07. The zero-order valence-corrected chi connectivity index (χ0v) is 31.5. The second-order valence-electron chi connectivity index (χ2n) is 13.4. The number of carboxylic acid groups (broad SMARTS) is 1. The topological polar surface area (TPSA) is 63.6 Å².